The first-order valence-electron chi connectivity index (χ1n) is 10.1. The largest absolute Gasteiger partial charge is 0.452 e. The molecule has 4 rings (SSSR count). The molecule has 30 heavy (non-hydrogen) atoms. The highest BCUT2D eigenvalue weighted by atomic mass is 32.2. The average molecular weight is 439 g/mol. The third kappa shape index (κ3) is 4.86. The smallest absolute Gasteiger partial charge is 0.170 e. The Hall–Kier alpha value is -2.35. The van der Waals surface area contributed by atoms with Crippen LogP contribution in [0.3, 0.4) is 0 Å². The van der Waals surface area contributed by atoms with Gasteiger partial charge in [0, 0.05) is 17.6 Å². The van der Waals surface area contributed by atoms with Gasteiger partial charge in [0.1, 0.15) is 11.8 Å². The Kier molecular flexibility index (Phi) is 6.72. The highest BCUT2D eigenvalue weighted by Crippen LogP contribution is 2.41. The first kappa shape index (κ1) is 20.9. The van der Waals surface area contributed by atoms with E-state index in [4.69, 9.17) is 16.6 Å². The van der Waals surface area contributed by atoms with Gasteiger partial charge < -0.3 is 19.5 Å². The van der Waals surface area contributed by atoms with Crippen LogP contribution < -0.4 is 5.32 Å². The van der Waals surface area contributed by atoms with Crippen molar-refractivity contribution in [2.75, 3.05) is 27.2 Å². The van der Waals surface area contributed by atoms with Crippen LogP contribution in [0.1, 0.15) is 30.0 Å². The van der Waals surface area contributed by atoms with Gasteiger partial charge in [-0.05, 0) is 75.7 Å². The molecule has 156 valence electrons. The molecule has 5 nitrogen and oxygen atoms in total. The van der Waals surface area contributed by atoms with Crippen molar-refractivity contribution in [2.24, 2.45) is 0 Å². The molecule has 1 N–H and O–H groups in total. The Morgan fingerprint density at radius 3 is 2.63 bits per heavy atom. The summed E-state index contributed by atoms with van der Waals surface area (Å²) in [7, 11) is 4.18. The lowest BCUT2D eigenvalue weighted by atomic mass is 10.0. The number of rotatable bonds is 8. The maximum atomic E-state index is 6.31. The summed E-state index contributed by atoms with van der Waals surface area (Å²) in [6, 6.07) is 20.3. The number of furan rings is 1. The summed E-state index contributed by atoms with van der Waals surface area (Å²) in [6.45, 7) is 1.87. The van der Waals surface area contributed by atoms with E-state index in [1.165, 1.54) is 0 Å². The second-order valence-corrected chi connectivity index (χ2v) is 9.01. The molecule has 1 aliphatic heterocycles. The molecule has 0 bridgehead atoms. The van der Waals surface area contributed by atoms with E-state index in [0.717, 1.165) is 46.1 Å². The summed E-state index contributed by atoms with van der Waals surface area (Å²) in [4.78, 5) is 10.2. The Morgan fingerprint density at radius 2 is 1.90 bits per heavy atom. The van der Waals surface area contributed by atoms with E-state index in [-0.39, 0.29) is 12.1 Å². The molecule has 1 aromatic carbocycles. The van der Waals surface area contributed by atoms with Gasteiger partial charge in [-0.2, -0.15) is 0 Å². The van der Waals surface area contributed by atoms with Crippen molar-refractivity contribution in [1.82, 2.24) is 20.1 Å². The van der Waals surface area contributed by atoms with Crippen molar-refractivity contribution >= 4 is 29.1 Å². The predicted molar refractivity (Wildman–Crippen MR) is 125 cm³/mol. The average Bonchev–Trinajstić information content (AvgIpc) is 3.33. The van der Waals surface area contributed by atoms with E-state index in [1.54, 1.807) is 11.8 Å². The molecule has 1 saturated heterocycles. The van der Waals surface area contributed by atoms with E-state index >= 15 is 0 Å². The van der Waals surface area contributed by atoms with Gasteiger partial charge in [0.15, 0.2) is 10.2 Å². The topological polar surface area (TPSA) is 44.5 Å². The standard InChI is InChI=1S/C23H26N4OS2/c1-26(2)15-8-16-27-22(21(25-23(27)29)18-11-6-7-14-24-18)19-12-13-20(28-19)30-17-9-4-3-5-10-17/h3-7,9-14,21-22H,8,15-16H2,1-2H3,(H,25,29)/t21-,22+/m1/s1. The van der Waals surface area contributed by atoms with Crippen LogP contribution in [0.15, 0.2) is 81.3 Å². The fraction of sp³-hybridized carbons (Fsp3) is 0.304. The number of thiocarbonyl (C=S) groups is 1. The molecule has 0 unspecified atom stereocenters. The van der Waals surface area contributed by atoms with Gasteiger partial charge in [-0.3, -0.25) is 4.98 Å². The van der Waals surface area contributed by atoms with Crippen LogP contribution in [-0.2, 0) is 0 Å². The molecule has 0 spiro atoms. The number of nitrogens with zero attached hydrogens (tertiary/aromatic N) is 3. The Labute approximate surface area is 187 Å². The minimum atomic E-state index is -0.0428. The van der Waals surface area contributed by atoms with Crippen molar-refractivity contribution in [1.29, 1.82) is 0 Å². The summed E-state index contributed by atoms with van der Waals surface area (Å²) < 4.78 is 6.31. The molecule has 2 atom stereocenters. The van der Waals surface area contributed by atoms with Crippen LogP contribution >= 0.6 is 24.0 Å². The molecule has 1 aliphatic rings. The lowest BCUT2D eigenvalue weighted by Gasteiger charge is -2.26. The molecule has 1 fully saturated rings. The van der Waals surface area contributed by atoms with Crippen LogP contribution in [0.2, 0.25) is 0 Å². The molecule has 2 aromatic heterocycles. The highest BCUT2D eigenvalue weighted by molar-refractivity contribution is 7.99. The Balaban J connectivity index is 1.60. The second kappa shape index (κ2) is 9.64. The van der Waals surface area contributed by atoms with Gasteiger partial charge in [0.2, 0.25) is 0 Å². The maximum absolute atomic E-state index is 6.31. The monoisotopic (exact) mass is 438 g/mol. The first-order valence-corrected chi connectivity index (χ1v) is 11.3. The minimum Gasteiger partial charge on any atom is -0.452 e. The van der Waals surface area contributed by atoms with Crippen LogP contribution in [0.5, 0.6) is 0 Å². The van der Waals surface area contributed by atoms with E-state index < -0.39 is 0 Å². The molecular formula is C23H26N4OS2. The predicted octanol–water partition coefficient (Wildman–Crippen LogP) is 4.75. The van der Waals surface area contributed by atoms with E-state index in [9.17, 15) is 0 Å². The highest BCUT2D eigenvalue weighted by Gasteiger charge is 2.41. The quantitative estimate of drug-likeness (QED) is 0.509. The zero-order chi connectivity index (χ0) is 20.9. The molecule has 0 aliphatic carbocycles. The molecule has 7 heteroatoms. The minimum absolute atomic E-state index is 0.0281. The van der Waals surface area contributed by atoms with Crippen molar-refractivity contribution in [3.05, 3.63) is 78.3 Å². The Morgan fingerprint density at radius 1 is 1.10 bits per heavy atom. The van der Waals surface area contributed by atoms with Crippen molar-refractivity contribution < 1.29 is 4.42 Å². The van der Waals surface area contributed by atoms with Gasteiger partial charge in [0.05, 0.1) is 11.7 Å². The lowest BCUT2D eigenvalue weighted by molar-refractivity contribution is 0.249. The van der Waals surface area contributed by atoms with Crippen molar-refractivity contribution in [3.63, 3.8) is 0 Å². The number of hydrogen-bond acceptors (Lipinski definition) is 5. The molecule has 0 saturated carbocycles. The number of pyridine rings is 1. The number of aromatic nitrogens is 1. The zero-order valence-corrected chi connectivity index (χ0v) is 18.8. The van der Waals surface area contributed by atoms with Crippen LogP contribution in [0.25, 0.3) is 0 Å². The van der Waals surface area contributed by atoms with Crippen molar-refractivity contribution in [3.8, 4) is 0 Å². The fourth-order valence-corrected chi connectivity index (χ4v) is 4.80. The molecular weight excluding hydrogens is 412 g/mol. The number of benzene rings is 1. The van der Waals surface area contributed by atoms with Crippen LogP contribution in [0, 0.1) is 0 Å². The summed E-state index contributed by atoms with van der Waals surface area (Å²) >= 11 is 7.34. The van der Waals surface area contributed by atoms with Crippen LogP contribution in [0.4, 0.5) is 0 Å². The summed E-state index contributed by atoms with van der Waals surface area (Å²) in [5, 5.41) is 5.11. The first-order chi connectivity index (χ1) is 14.6. The van der Waals surface area contributed by atoms with Crippen molar-refractivity contribution in [2.45, 2.75) is 28.5 Å². The second-order valence-electron chi connectivity index (χ2n) is 7.55. The van der Waals surface area contributed by atoms with E-state index in [0.29, 0.717) is 0 Å². The van der Waals surface area contributed by atoms with Gasteiger partial charge >= 0.3 is 0 Å². The fourth-order valence-electron chi connectivity index (χ4n) is 3.67. The van der Waals surface area contributed by atoms with Gasteiger partial charge in [-0.1, -0.05) is 36.0 Å². The summed E-state index contributed by atoms with van der Waals surface area (Å²) in [5.74, 6) is 0.904. The Bertz CT molecular complexity index is 962. The van der Waals surface area contributed by atoms with Gasteiger partial charge in [-0.15, -0.1) is 0 Å². The summed E-state index contributed by atoms with van der Waals surface area (Å²) in [5.41, 5.74) is 0.966. The summed E-state index contributed by atoms with van der Waals surface area (Å²) in [6.07, 6.45) is 2.84. The lowest BCUT2D eigenvalue weighted by Crippen LogP contribution is -2.32. The third-order valence-corrected chi connectivity index (χ3v) is 6.34. The molecule has 3 aromatic rings. The number of nitrogens with one attached hydrogen (secondary N) is 1. The maximum Gasteiger partial charge on any atom is 0.170 e. The van der Waals surface area contributed by atoms with Gasteiger partial charge in [-0.25, -0.2) is 0 Å². The molecule has 0 radical (unpaired) electrons. The molecule has 0 amide bonds. The third-order valence-electron chi connectivity index (χ3n) is 5.06. The zero-order valence-electron chi connectivity index (χ0n) is 17.2. The number of hydrogen-bond donors (Lipinski definition) is 1. The van der Waals surface area contributed by atoms with E-state index in [1.807, 2.05) is 48.7 Å². The van der Waals surface area contributed by atoms with Crippen LogP contribution in [-0.4, -0.2) is 47.1 Å². The van der Waals surface area contributed by atoms with E-state index in [2.05, 4.69) is 52.4 Å². The SMILES string of the molecule is CN(C)CCCN1C(=S)N[C@H](c2ccccn2)[C@@H]1c1ccc(Sc2ccccc2)o1. The van der Waals surface area contributed by atoms with Gasteiger partial charge in [0.25, 0.3) is 0 Å². The molecule has 3 heterocycles. The normalized spacial score (nSPS) is 18.8.